The Morgan fingerprint density at radius 3 is 2.72 bits per heavy atom. The fourth-order valence-corrected chi connectivity index (χ4v) is 2.73. The SMILES string of the molecule is CCc1cccc(OCCC2(N)CCCCC2)c1. The molecular formula is C16H25NO. The standard InChI is InChI=1S/C16H25NO/c1-2-14-7-6-8-15(13-14)18-12-11-16(17)9-4-3-5-10-16/h6-8,13H,2-5,9-12,17H2,1H3. The van der Waals surface area contributed by atoms with Gasteiger partial charge in [-0.1, -0.05) is 38.3 Å². The summed E-state index contributed by atoms with van der Waals surface area (Å²) in [7, 11) is 0. The minimum absolute atomic E-state index is 0.0284. The Morgan fingerprint density at radius 1 is 1.22 bits per heavy atom. The summed E-state index contributed by atoms with van der Waals surface area (Å²) in [5, 5.41) is 0. The van der Waals surface area contributed by atoms with Gasteiger partial charge in [0.15, 0.2) is 0 Å². The van der Waals surface area contributed by atoms with E-state index in [-0.39, 0.29) is 5.54 Å². The normalized spacial score (nSPS) is 18.6. The lowest BCUT2D eigenvalue weighted by atomic mass is 9.80. The predicted molar refractivity (Wildman–Crippen MR) is 75.9 cm³/mol. The fraction of sp³-hybridized carbons (Fsp3) is 0.625. The van der Waals surface area contributed by atoms with Crippen molar-refractivity contribution in [2.45, 2.75) is 57.4 Å². The highest BCUT2D eigenvalue weighted by Crippen LogP contribution is 2.28. The van der Waals surface area contributed by atoms with Crippen LogP contribution in [0, 0.1) is 0 Å². The number of nitrogens with two attached hydrogens (primary N) is 1. The van der Waals surface area contributed by atoms with Crippen molar-refractivity contribution < 1.29 is 4.74 Å². The average Bonchev–Trinajstić information content (AvgIpc) is 2.40. The molecule has 0 aromatic heterocycles. The van der Waals surface area contributed by atoms with Crippen LogP contribution in [0.25, 0.3) is 0 Å². The highest BCUT2D eigenvalue weighted by molar-refractivity contribution is 5.28. The molecule has 0 unspecified atom stereocenters. The maximum absolute atomic E-state index is 6.40. The van der Waals surface area contributed by atoms with Crippen LogP contribution in [0.4, 0.5) is 0 Å². The second kappa shape index (κ2) is 6.24. The molecule has 1 aliphatic rings. The molecule has 2 rings (SSSR count). The van der Waals surface area contributed by atoms with Crippen molar-refractivity contribution in [2.24, 2.45) is 5.73 Å². The van der Waals surface area contributed by atoms with Crippen LogP contribution in [0.5, 0.6) is 5.75 Å². The Bertz CT molecular complexity index is 369. The minimum atomic E-state index is 0.0284. The Labute approximate surface area is 111 Å². The van der Waals surface area contributed by atoms with Gasteiger partial charge in [-0.2, -0.15) is 0 Å². The third-order valence-corrected chi connectivity index (χ3v) is 4.02. The van der Waals surface area contributed by atoms with Crippen LogP contribution in [-0.2, 0) is 6.42 Å². The predicted octanol–water partition coefficient (Wildman–Crippen LogP) is 3.68. The van der Waals surface area contributed by atoms with Crippen LogP contribution >= 0.6 is 0 Å². The molecule has 1 saturated carbocycles. The molecule has 0 amide bonds. The molecule has 1 aromatic rings. The van der Waals surface area contributed by atoms with Crippen LogP contribution in [-0.4, -0.2) is 12.1 Å². The van der Waals surface area contributed by atoms with E-state index in [2.05, 4.69) is 25.1 Å². The Hall–Kier alpha value is -1.02. The Balaban J connectivity index is 1.80. The third-order valence-electron chi connectivity index (χ3n) is 4.02. The van der Waals surface area contributed by atoms with Crippen molar-refractivity contribution in [3.63, 3.8) is 0 Å². The molecule has 1 fully saturated rings. The third kappa shape index (κ3) is 3.74. The number of hydrogen-bond acceptors (Lipinski definition) is 2. The Kier molecular flexibility index (Phi) is 4.65. The first kappa shape index (κ1) is 13.4. The van der Waals surface area contributed by atoms with Crippen LogP contribution in [0.15, 0.2) is 24.3 Å². The average molecular weight is 247 g/mol. The van der Waals surface area contributed by atoms with Crippen molar-refractivity contribution in [2.75, 3.05) is 6.61 Å². The lowest BCUT2D eigenvalue weighted by Gasteiger charge is -2.33. The first-order valence-corrected chi connectivity index (χ1v) is 7.22. The van der Waals surface area contributed by atoms with Crippen molar-refractivity contribution in [1.82, 2.24) is 0 Å². The fourth-order valence-electron chi connectivity index (χ4n) is 2.73. The molecule has 0 aliphatic heterocycles. The first-order chi connectivity index (χ1) is 8.72. The lowest BCUT2D eigenvalue weighted by molar-refractivity contribution is 0.214. The van der Waals surface area contributed by atoms with E-state index < -0.39 is 0 Å². The molecule has 2 heteroatoms. The van der Waals surface area contributed by atoms with Gasteiger partial charge >= 0.3 is 0 Å². The maximum atomic E-state index is 6.40. The van der Waals surface area contributed by atoms with E-state index >= 15 is 0 Å². The van der Waals surface area contributed by atoms with Gasteiger partial charge in [0.05, 0.1) is 6.61 Å². The van der Waals surface area contributed by atoms with E-state index in [1.165, 1.54) is 24.8 Å². The summed E-state index contributed by atoms with van der Waals surface area (Å²) in [5.74, 6) is 0.980. The van der Waals surface area contributed by atoms with Gasteiger partial charge in [-0.3, -0.25) is 0 Å². The largest absolute Gasteiger partial charge is 0.494 e. The summed E-state index contributed by atoms with van der Waals surface area (Å²) >= 11 is 0. The van der Waals surface area contributed by atoms with E-state index in [1.54, 1.807) is 0 Å². The van der Waals surface area contributed by atoms with Gasteiger partial charge in [0.1, 0.15) is 5.75 Å². The van der Waals surface area contributed by atoms with E-state index in [0.717, 1.165) is 38.0 Å². The molecule has 100 valence electrons. The second-order valence-electron chi connectivity index (χ2n) is 5.52. The number of rotatable bonds is 5. The molecule has 0 radical (unpaired) electrons. The molecule has 0 atom stereocenters. The van der Waals surface area contributed by atoms with Crippen LogP contribution in [0.3, 0.4) is 0 Å². The van der Waals surface area contributed by atoms with E-state index in [0.29, 0.717) is 0 Å². The van der Waals surface area contributed by atoms with Gasteiger partial charge in [0.2, 0.25) is 0 Å². The number of hydrogen-bond donors (Lipinski definition) is 1. The van der Waals surface area contributed by atoms with Crippen molar-refractivity contribution in [3.8, 4) is 5.75 Å². The topological polar surface area (TPSA) is 35.2 Å². The summed E-state index contributed by atoms with van der Waals surface area (Å²) in [5.41, 5.74) is 7.75. The van der Waals surface area contributed by atoms with Gasteiger partial charge in [0, 0.05) is 5.54 Å². The van der Waals surface area contributed by atoms with E-state index in [4.69, 9.17) is 10.5 Å². The zero-order chi connectivity index (χ0) is 12.8. The summed E-state index contributed by atoms with van der Waals surface area (Å²) in [6, 6.07) is 8.36. The zero-order valence-corrected chi connectivity index (χ0v) is 11.5. The zero-order valence-electron chi connectivity index (χ0n) is 11.5. The van der Waals surface area contributed by atoms with E-state index in [1.807, 2.05) is 6.07 Å². The lowest BCUT2D eigenvalue weighted by Crippen LogP contribution is -2.42. The van der Waals surface area contributed by atoms with Gasteiger partial charge < -0.3 is 10.5 Å². The van der Waals surface area contributed by atoms with Crippen molar-refractivity contribution in [1.29, 1.82) is 0 Å². The first-order valence-electron chi connectivity index (χ1n) is 7.22. The Morgan fingerprint density at radius 2 is 2.00 bits per heavy atom. The van der Waals surface area contributed by atoms with Crippen LogP contribution in [0.2, 0.25) is 0 Å². The molecule has 0 heterocycles. The smallest absolute Gasteiger partial charge is 0.119 e. The molecule has 0 saturated heterocycles. The summed E-state index contributed by atoms with van der Waals surface area (Å²) in [6.07, 6.45) is 8.25. The van der Waals surface area contributed by atoms with Gasteiger partial charge in [-0.25, -0.2) is 0 Å². The van der Waals surface area contributed by atoms with Crippen LogP contribution in [0.1, 0.15) is 51.0 Å². The monoisotopic (exact) mass is 247 g/mol. The molecule has 2 N–H and O–H groups in total. The van der Waals surface area contributed by atoms with Crippen LogP contribution < -0.4 is 10.5 Å². The molecule has 1 aliphatic carbocycles. The molecule has 0 spiro atoms. The number of aryl methyl sites for hydroxylation is 1. The maximum Gasteiger partial charge on any atom is 0.119 e. The van der Waals surface area contributed by atoms with Gasteiger partial charge in [-0.05, 0) is 43.4 Å². The minimum Gasteiger partial charge on any atom is -0.494 e. The summed E-state index contributed by atoms with van der Waals surface area (Å²) in [4.78, 5) is 0. The number of ether oxygens (including phenoxy) is 1. The highest BCUT2D eigenvalue weighted by atomic mass is 16.5. The summed E-state index contributed by atoms with van der Waals surface area (Å²) < 4.78 is 5.84. The molecule has 0 bridgehead atoms. The van der Waals surface area contributed by atoms with Gasteiger partial charge in [-0.15, -0.1) is 0 Å². The van der Waals surface area contributed by atoms with Crippen molar-refractivity contribution >= 4 is 0 Å². The molecule has 1 aromatic carbocycles. The quantitative estimate of drug-likeness (QED) is 0.861. The molecular weight excluding hydrogens is 222 g/mol. The van der Waals surface area contributed by atoms with E-state index in [9.17, 15) is 0 Å². The summed E-state index contributed by atoms with van der Waals surface area (Å²) in [6.45, 7) is 2.90. The molecule has 2 nitrogen and oxygen atoms in total. The molecule has 18 heavy (non-hydrogen) atoms. The second-order valence-corrected chi connectivity index (χ2v) is 5.52. The van der Waals surface area contributed by atoms with Crippen molar-refractivity contribution in [3.05, 3.63) is 29.8 Å². The highest BCUT2D eigenvalue weighted by Gasteiger charge is 2.26. The number of benzene rings is 1. The van der Waals surface area contributed by atoms with Gasteiger partial charge in [0.25, 0.3) is 0 Å².